The van der Waals surface area contributed by atoms with Gasteiger partial charge in [-0.15, -0.1) is 0 Å². The van der Waals surface area contributed by atoms with Gasteiger partial charge < -0.3 is 15.4 Å². The first-order valence-electron chi connectivity index (χ1n) is 8.47. The first-order valence-corrected chi connectivity index (χ1v) is 8.47. The lowest BCUT2D eigenvalue weighted by molar-refractivity contribution is 0.0468. The van der Waals surface area contributed by atoms with E-state index in [1.165, 1.54) is 64.2 Å². The summed E-state index contributed by atoms with van der Waals surface area (Å²) >= 11 is 0. The lowest BCUT2D eigenvalue weighted by Crippen LogP contribution is -2.43. The Hall–Kier alpha value is -0.770. The van der Waals surface area contributed by atoms with E-state index < -0.39 is 0 Å². The third-order valence-electron chi connectivity index (χ3n) is 4.47. The van der Waals surface area contributed by atoms with Gasteiger partial charge in [0.1, 0.15) is 0 Å². The molecule has 2 rings (SSSR count). The molecule has 0 amide bonds. The molecule has 4 nitrogen and oxygen atoms in total. The van der Waals surface area contributed by atoms with Crippen LogP contribution in [0.4, 0.5) is 0 Å². The third-order valence-corrected chi connectivity index (χ3v) is 4.47. The first kappa shape index (κ1) is 15.6. The number of hydrogen-bond acceptors (Lipinski definition) is 2. The van der Waals surface area contributed by atoms with Crippen LogP contribution in [0.3, 0.4) is 0 Å². The standard InChI is InChI=1S/C16H31N3O/c1-17-16(19-14-8-6-7-9-14)18-12-13-20-15-10-4-2-3-5-11-15/h14-15H,2-13H2,1H3,(H2,17,18,19). The highest BCUT2D eigenvalue weighted by Gasteiger charge is 2.16. The highest BCUT2D eigenvalue weighted by molar-refractivity contribution is 5.79. The van der Waals surface area contributed by atoms with E-state index in [2.05, 4.69) is 15.6 Å². The van der Waals surface area contributed by atoms with Crippen LogP contribution >= 0.6 is 0 Å². The Labute approximate surface area is 123 Å². The van der Waals surface area contributed by atoms with Gasteiger partial charge in [-0.25, -0.2) is 0 Å². The van der Waals surface area contributed by atoms with E-state index in [1.54, 1.807) is 0 Å². The summed E-state index contributed by atoms with van der Waals surface area (Å²) in [5, 5.41) is 6.86. The fraction of sp³-hybridized carbons (Fsp3) is 0.938. The van der Waals surface area contributed by atoms with Crippen LogP contribution in [0.2, 0.25) is 0 Å². The Bertz CT molecular complexity index is 279. The van der Waals surface area contributed by atoms with Crippen LogP contribution in [0.5, 0.6) is 0 Å². The molecule has 0 aliphatic heterocycles. The molecule has 0 atom stereocenters. The Morgan fingerprint density at radius 1 is 1.00 bits per heavy atom. The molecule has 2 N–H and O–H groups in total. The predicted molar refractivity (Wildman–Crippen MR) is 84.2 cm³/mol. The lowest BCUT2D eigenvalue weighted by Gasteiger charge is -2.18. The van der Waals surface area contributed by atoms with Crippen LogP contribution in [0, 0.1) is 0 Å². The van der Waals surface area contributed by atoms with Gasteiger partial charge in [0.15, 0.2) is 5.96 Å². The van der Waals surface area contributed by atoms with Crippen molar-refractivity contribution < 1.29 is 4.74 Å². The van der Waals surface area contributed by atoms with Crippen molar-refractivity contribution in [1.82, 2.24) is 10.6 Å². The number of nitrogens with one attached hydrogen (secondary N) is 2. The molecule has 0 unspecified atom stereocenters. The van der Waals surface area contributed by atoms with Gasteiger partial charge in [-0.1, -0.05) is 38.5 Å². The maximum atomic E-state index is 5.98. The second-order valence-electron chi connectivity index (χ2n) is 6.11. The van der Waals surface area contributed by atoms with Gasteiger partial charge in [0.25, 0.3) is 0 Å². The normalized spacial score (nSPS) is 22.8. The van der Waals surface area contributed by atoms with Crippen molar-refractivity contribution in [2.45, 2.75) is 76.4 Å². The van der Waals surface area contributed by atoms with Gasteiger partial charge in [-0.05, 0) is 25.7 Å². The molecule has 2 aliphatic rings. The van der Waals surface area contributed by atoms with E-state index in [-0.39, 0.29) is 0 Å². The minimum Gasteiger partial charge on any atom is -0.376 e. The molecule has 0 saturated heterocycles. The Kier molecular flexibility index (Phi) is 7.20. The molecule has 0 heterocycles. The zero-order chi connectivity index (χ0) is 14.0. The van der Waals surface area contributed by atoms with Crippen molar-refractivity contribution in [2.24, 2.45) is 4.99 Å². The lowest BCUT2D eigenvalue weighted by atomic mass is 10.1. The van der Waals surface area contributed by atoms with E-state index in [0.29, 0.717) is 12.1 Å². The summed E-state index contributed by atoms with van der Waals surface area (Å²) < 4.78 is 5.98. The highest BCUT2D eigenvalue weighted by Crippen LogP contribution is 2.19. The topological polar surface area (TPSA) is 45.7 Å². The fourth-order valence-electron chi connectivity index (χ4n) is 3.26. The van der Waals surface area contributed by atoms with Crippen molar-refractivity contribution in [1.29, 1.82) is 0 Å². The molecule has 0 aromatic carbocycles. The Balaban J connectivity index is 1.56. The van der Waals surface area contributed by atoms with Crippen molar-refractivity contribution in [2.75, 3.05) is 20.2 Å². The molecule has 116 valence electrons. The average Bonchev–Trinajstić information content (AvgIpc) is 2.84. The quantitative estimate of drug-likeness (QED) is 0.352. The molecule has 0 bridgehead atoms. The summed E-state index contributed by atoms with van der Waals surface area (Å²) in [6, 6.07) is 0.615. The van der Waals surface area contributed by atoms with E-state index in [0.717, 1.165) is 19.1 Å². The number of nitrogens with zero attached hydrogens (tertiary/aromatic N) is 1. The second kappa shape index (κ2) is 9.22. The van der Waals surface area contributed by atoms with Crippen LogP contribution in [0.25, 0.3) is 0 Å². The predicted octanol–water partition coefficient (Wildman–Crippen LogP) is 2.83. The zero-order valence-corrected chi connectivity index (χ0v) is 13.0. The summed E-state index contributed by atoms with van der Waals surface area (Å²) in [5.74, 6) is 0.932. The second-order valence-corrected chi connectivity index (χ2v) is 6.11. The van der Waals surface area contributed by atoms with Gasteiger partial charge in [-0.3, -0.25) is 4.99 Å². The maximum Gasteiger partial charge on any atom is 0.191 e. The van der Waals surface area contributed by atoms with Crippen molar-refractivity contribution in [3.8, 4) is 0 Å². The molecule has 20 heavy (non-hydrogen) atoms. The van der Waals surface area contributed by atoms with Crippen molar-refractivity contribution >= 4 is 5.96 Å². The summed E-state index contributed by atoms with van der Waals surface area (Å²) in [4.78, 5) is 4.29. The summed E-state index contributed by atoms with van der Waals surface area (Å²) in [7, 11) is 1.84. The number of ether oxygens (including phenoxy) is 1. The minimum absolute atomic E-state index is 0.490. The van der Waals surface area contributed by atoms with Crippen molar-refractivity contribution in [3.63, 3.8) is 0 Å². The Morgan fingerprint density at radius 3 is 2.30 bits per heavy atom. The Morgan fingerprint density at radius 2 is 1.65 bits per heavy atom. The molecule has 0 radical (unpaired) electrons. The van der Waals surface area contributed by atoms with Crippen LogP contribution in [0.1, 0.15) is 64.2 Å². The summed E-state index contributed by atoms with van der Waals surface area (Å²) in [5.41, 5.74) is 0. The SMILES string of the molecule is CN=C(NCCOC1CCCCCC1)NC1CCCC1. The van der Waals surface area contributed by atoms with Crippen LogP contribution in [0.15, 0.2) is 4.99 Å². The molecular formula is C16H31N3O. The van der Waals surface area contributed by atoms with Gasteiger partial charge in [0.2, 0.25) is 0 Å². The molecule has 4 heteroatoms. The van der Waals surface area contributed by atoms with E-state index in [4.69, 9.17) is 4.74 Å². The number of aliphatic imine (C=N–C) groups is 1. The molecule has 0 aromatic heterocycles. The van der Waals surface area contributed by atoms with Crippen LogP contribution in [-0.4, -0.2) is 38.3 Å². The summed E-state index contributed by atoms with van der Waals surface area (Å²) in [6.45, 7) is 1.64. The van der Waals surface area contributed by atoms with E-state index in [9.17, 15) is 0 Å². The number of guanidine groups is 1. The minimum atomic E-state index is 0.490. The number of rotatable bonds is 5. The average molecular weight is 281 g/mol. The van der Waals surface area contributed by atoms with E-state index >= 15 is 0 Å². The van der Waals surface area contributed by atoms with Crippen LogP contribution < -0.4 is 10.6 Å². The largest absolute Gasteiger partial charge is 0.376 e. The smallest absolute Gasteiger partial charge is 0.191 e. The zero-order valence-electron chi connectivity index (χ0n) is 13.0. The maximum absolute atomic E-state index is 5.98. The third kappa shape index (κ3) is 5.70. The molecule has 2 aliphatic carbocycles. The van der Waals surface area contributed by atoms with Gasteiger partial charge in [-0.2, -0.15) is 0 Å². The number of hydrogen-bond donors (Lipinski definition) is 2. The summed E-state index contributed by atoms with van der Waals surface area (Å²) in [6.07, 6.45) is 13.7. The van der Waals surface area contributed by atoms with E-state index in [1.807, 2.05) is 7.05 Å². The van der Waals surface area contributed by atoms with Gasteiger partial charge >= 0.3 is 0 Å². The van der Waals surface area contributed by atoms with Crippen molar-refractivity contribution in [3.05, 3.63) is 0 Å². The van der Waals surface area contributed by atoms with Crippen LogP contribution in [-0.2, 0) is 4.74 Å². The van der Waals surface area contributed by atoms with Gasteiger partial charge in [0, 0.05) is 19.6 Å². The van der Waals surface area contributed by atoms with Gasteiger partial charge in [0.05, 0.1) is 12.7 Å². The molecule has 2 saturated carbocycles. The molecular weight excluding hydrogens is 250 g/mol. The highest BCUT2D eigenvalue weighted by atomic mass is 16.5. The fourth-order valence-corrected chi connectivity index (χ4v) is 3.26. The monoisotopic (exact) mass is 281 g/mol. The molecule has 0 spiro atoms. The molecule has 0 aromatic rings. The molecule has 2 fully saturated rings. The first-order chi connectivity index (χ1) is 9.88.